The van der Waals surface area contributed by atoms with Gasteiger partial charge in [-0.1, -0.05) is 53.2 Å². The van der Waals surface area contributed by atoms with E-state index < -0.39 is 0 Å². The lowest BCUT2D eigenvalue weighted by Crippen LogP contribution is -2.42. The topological polar surface area (TPSA) is 91.6 Å². The lowest BCUT2D eigenvalue weighted by atomic mass is 9.97. The van der Waals surface area contributed by atoms with Crippen LogP contribution < -0.4 is 5.32 Å². The molecule has 5 rings (SSSR count). The molecule has 2 aromatic carbocycles. The van der Waals surface area contributed by atoms with Crippen molar-refractivity contribution >= 4 is 23.4 Å². The number of halogens is 1. The Hall–Kier alpha value is -3.23. The molecule has 1 N–H and O–H groups in total. The molecule has 1 unspecified atom stereocenters. The molecule has 2 saturated heterocycles. The number of aromatic nitrogens is 2. The minimum absolute atomic E-state index is 0.0527. The predicted octanol–water partition coefficient (Wildman–Crippen LogP) is 4.04. The molecule has 1 aromatic heterocycles. The largest absolute Gasteiger partial charge is 0.352 e. The zero-order valence-electron chi connectivity index (χ0n) is 20.2. The predicted molar refractivity (Wildman–Crippen MR) is 136 cm³/mol. The summed E-state index contributed by atoms with van der Waals surface area (Å²) in [6, 6.07) is 15.4. The number of nitrogens with zero attached hydrogens (tertiary/aromatic N) is 4. The Kier molecular flexibility index (Phi) is 7.63. The van der Waals surface area contributed by atoms with Crippen LogP contribution in [0.2, 0.25) is 5.02 Å². The Morgan fingerprint density at radius 1 is 1.08 bits per heavy atom. The smallest absolute Gasteiger partial charge is 0.241 e. The number of hydrogen-bond donors (Lipinski definition) is 1. The standard InChI is InChI=1S/C27H30ClN5O3/c28-23-10-3-8-19(14-23)26-30-24(36-31-26)18-32-12-4-9-22(16-32)27(35)29-15-20-6-1-2-7-21(20)17-33-13-5-11-25(33)34/h1-3,6-8,10,14,22H,4-5,9,11-13,15-18H2,(H,29,35). The van der Waals surface area contributed by atoms with E-state index in [9.17, 15) is 9.59 Å². The number of carbonyl (C=O) groups is 2. The van der Waals surface area contributed by atoms with Crippen molar-refractivity contribution in [3.8, 4) is 11.4 Å². The maximum Gasteiger partial charge on any atom is 0.241 e. The number of rotatable bonds is 8. The minimum atomic E-state index is -0.0959. The van der Waals surface area contributed by atoms with Gasteiger partial charge in [0, 0.05) is 43.2 Å². The van der Waals surface area contributed by atoms with Gasteiger partial charge in [0.25, 0.3) is 0 Å². The molecule has 3 aromatic rings. The van der Waals surface area contributed by atoms with E-state index in [4.69, 9.17) is 16.1 Å². The van der Waals surface area contributed by atoms with E-state index in [1.54, 1.807) is 12.1 Å². The first-order valence-electron chi connectivity index (χ1n) is 12.5. The highest BCUT2D eigenvalue weighted by molar-refractivity contribution is 6.30. The first-order valence-corrected chi connectivity index (χ1v) is 12.9. The molecule has 2 aliphatic heterocycles. The fourth-order valence-electron chi connectivity index (χ4n) is 4.96. The Morgan fingerprint density at radius 3 is 2.75 bits per heavy atom. The van der Waals surface area contributed by atoms with E-state index in [1.807, 2.05) is 41.3 Å². The molecule has 2 fully saturated rings. The van der Waals surface area contributed by atoms with E-state index in [0.29, 0.717) is 49.3 Å². The normalized spacial score (nSPS) is 18.5. The van der Waals surface area contributed by atoms with Gasteiger partial charge in [0.1, 0.15) is 0 Å². The number of carbonyl (C=O) groups excluding carboxylic acids is 2. The molecule has 3 heterocycles. The summed E-state index contributed by atoms with van der Waals surface area (Å²) in [4.78, 5) is 33.7. The third kappa shape index (κ3) is 5.94. The van der Waals surface area contributed by atoms with Crippen LogP contribution in [0.25, 0.3) is 11.4 Å². The fraction of sp³-hybridized carbons (Fsp3) is 0.407. The fourth-order valence-corrected chi connectivity index (χ4v) is 5.15. The summed E-state index contributed by atoms with van der Waals surface area (Å²) in [6.45, 7) is 3.89. The van der Waals surface area contributed by atoms with Crippen molar-refractivity contribution in [2.75, 3.05) is 19.6 Å². The molecule has 1 atom stereocenters. The Morgan fingerprint density at radius 2 is 1.94 bits per heavy atom. The van der Waals surface area contributed by atoms with Crippen molar-refractivity contribution in [1.82, 2.24) is 25.3 Å². The Labute approximate surface area is 215 Å². The average molecular weight is 508 g/mol. The van der Waals surface area contributed by atoms with Crippen LogP contribution in [0.15, 0.2) is 53.1 Å². The van der Waals surface area contributed by atoms with E-state index >= 15 is 0 Å². The van der Waals surface area contributed by atoms with Crippen LogP contribution in [0.1, 0.15) is 42.7 Å². The van der Waals surface area contributed by atoms with Gasteiger partial charge in [-0.25, -0.2) is 0 Å². The average Bonchev–Trinajstić information content (AvgIpc) is 3.52. The van der Waals surface area contributed by atoms with E-state index in [1.165, 1.54) is 0 Å². The summed E-state index contributed by atoms with van der Waals surface area (Å²) in [5.41, 5.74) is 2.95. The summed E-state index contributed by atoms with van der Waals surface area (Å²) in [7, 11) is 0. The molecule has 0 saturated carbocycles. The first kappa shape index (κ1) is 24.5. The lowest BCUT2D eigenvalue weighted by Gasteiger charge is -2.31. The highest BCUT2D eigenvalue weighted by Crippen LogP contribution is 2.23. The lowest BCUT2D eigenvalue weighted by molar-refractivity contribution is -0.128. The van der Waals surface area contributed by atoms with Crippen molar-refractivity contribution < 1.29 is 14.1 Å². The van der Waals surface area contributed by atoms with Crippen LogP contribution in [0.4, 0.5) is 0 Å². The zero-order valence-corrected chi connectivity index (χ0v) is 20.9. The quantitative estimate of drug-likeness (QED) is 0.494. The molecule has 0 aliphatic carbocycles. The second-order valence-corrected chi connectivity index (χ2v) is 9.94. The van der Waals surface area contributed by atoms with Gasteiger partial charge in [-0.2, -0.15) is 4.98 Å². The van der Waals surface area contributed by atoms with Gasteiger partial charge in [0.05, 0.1) is 12.5 Å². The number of benzene rings is 2. The summed E-state index contributed by atoms with van der Waals surface area (Å²) in [6.07, 6.45) is 3.33. The molecule has 0 spiro atoms. The molecule has 9 heteroatoms. The van der Waals surface area contributed by atoms with Crippen LogP contribution in [0, 0.1) is 5.92 Å². The molecule has 2 amide bonds. The molecule has 0 radical (unpaired) electrons. The van der Waals surface area contributed by atoms with Crippen LogP contribution in [0.5, 0.6) is 0 Å². The molecule has 188 valence electrons. The zero-order chi connectivity index (χ0) is 24.9. The van der Waals surface area contributed by atoms with Crippen molar-refractivity contribution in [2.45, 2.75) is 45.3 Å². The Balaban J connectivity index is 1.15. The van der Waals surface area contributed by atoms with Crippen molar-refractivity contribution in [3.63, 3.8) is 0 Å². The van der Waals surface area contributed by atoms with Gasteiger partial charge in [-0.3, -0.25) is 14.5 Å². The van der Waals surface area contributed by atoms with Gasteiger partial charge in [-0.15, -0.1) is 0 Å². The summed E-state index contributed by atoms with van der Waals surface area (Å²) >= 11 is 6.07. The van der Waals surface area contributed by atoms with Crippen molar-refractivity contribution in [3.05, 3.63) is 70.6 Å². The number of hydrogen-bond acceptors (Lipinski definition) is 6. The number of amides is 2. The van der Waals surface area contributed by atoms with E-state index in [2.05, 4.69) is 20.4 Å². The second-order valence-electron chi connectivity index (χ2n) is 9.50. The molecule has 36 heavy (non-hydrogen) atoms. The van der Waals surface area contributed by atoms with Crippen molar-refractivity contribution in [2.24, 2.45) is 5.92 Å². The summed E-state index contributed by atoms with van der Waals surface area (Å²) in [5.74, 6) is 1.19. The van der Waals surface area contributed by atoms with Crippen LogP contribution in [-0.2, 0) is 29.2 Å². The third-order valence-electron chi connectivity index (χ3n) is 6.89. The van der Waals surface area contributed by atoms with Crippen LogP contribution in [-0.4, -0.2) is 51.4 Å². The summed E-state index contributed by atoms with van der Waals surface area (Å²) in [5, 5.41) is 7.83. The highest BCUT2D eigenvalue weighted by Gasteiger charge is 2.27. The van der Waals surface area contributed by atoms with Crippen molar-refractivity contribution in [1.29, 1.82) is 0 Å². The SMILES string of the molecule is O=C(NCc1ccccc1CN1CCCC1=O)C1CCCN(Cc2nc(-c3cccc(Cl)c3)no2)C1. The number of piperidine rings is 1. The Bertz CT molecular complexity index is 1230. The molecule has 2 aliphatic rings. The van der Waals surface area contributed by atoms with E-state index in [0.717, 1.165) is 49.0 Å². The number of nitrogens with one attached hydrogen (secondary N) is 1. The number of likely N-dealkylation sites (tertiary alicyclic amines) is 2. The highest BCUT2D eigenvalue weighted by atomic mass is 35.5. The van der Waals surface area contributed by atoms with Gasteiger partial charge >= 0.3 is 0 Å². The van der Waals surface area contributed by atoms with Gasteiger partial charge in [0.15, 0.2) is 0 Å². The second kappa shape index (κ2) is 11.2. The van der Waals surface area contributed by atoms with Gasteiger partial charge in [-0.05, 0) is 49.1 Å². The maximum absolute atomic E-state index is 13.0. The minimum Gasteiger partial charge on any atom is -0.352 e. The molecule has 8 nitrogen and oxygen atoms in total. The van der Waals surface area contributed by atoms with E-state index in [-0.39, 0.29) is 17.7 Å². The maximum atomic E-state index is 13.0. The third-order valence-corrected chi connectivity index (χ3v) is 7.13. The first-order chi connectivity index (χ1) is 17.5. The molecular formula is C27H30ClN5O3. The van der Waals surface area contributed by atoms with Gasteiger partial charge < -0.3 is 14.7 Å². The monoisotopic (exact) mass is 507 g/mol. The molecule has 0 bridgehead atoms. The van der Waals surface area contributed by atoms with Gasteiger partial charge in [0.2, 0.25) is 23.5 Å². The van der Waals surface area contributed by atoms with Crippen LogP contribution >= 0.6 is 11.6 Å². The molecular weight excluding hydrogens is 478 g/mol. The van der Waals surface area contributed by atoms with Crippen LogP contribution in [0.3, 0.4) is 0 Å². The summed E-state index contributed by atoms with van der Waals surface area (Å²) < 4.78 is 5.46.